The zero-order valence-electron chi connectivity index (χ0n) is 12.4. The Balaban J connectivity index is 2.57. The van der Waals surface area contributed by atoms with Crippen molar-refractivity contribution >= 4 is 12.0 Å². The van der Waals surface area contributed by atoms with E-state index in [1.54, 1.807) is 18.7 Å². The molecule has 2 amide bonds. The molecule has 2 N–H and O–H groups in total. The third kappa shape index (κ3) is 3.83. The molecule has 0 spiro atoms. The summed E-state index contributed by atoms with van der Waals surface area (Å²) in [5, 5.41) is 11.7. The van der Waals surface area contributed by atoms with E-state index in [4.69, 9.17) is 5.11 Å². The van der Waals surface area contributed by atoms with Crippen LogP contribution < -0.4 is 5.32 Å². The van der Waals surface area contributed by atoms with E-state index < -0.39 is 11.9 Å². The maximum atomic E-state index is 12.1. The largest absolute Gasteiger partial charge is 0.481 e. The minimum atomic E-state index is -0.897. The van der Waals surface area contributed by atoms with Crippen LogP contribution in [0.1, 0.15) is 27.7 Å². The third-order valence-electron chi connectivity index (χ3n) is 4.09. The minimum absolute atomic E-state index is 0.0583. The lowest BCUT2D eigenvalue weighted by atomic mass is 10.00. The van der Waals surface area contributed by atoms with Gasteiger partial charge in [0, 0.05) is 31.2 Å². The minimum Gasteiger partial charge on any atom is -0.481 e. The van der Waals surface area contributed by atoms with Crippen LogP contribution >= 0.6 is 0 Å². The van der Waals surface area contributed by atoms with Crippen molar-refractivity contribution < 1.29 is 14.7 Å². The first-order valence-electron chi connectivity index (χ1n) is 6.64. The van der Waals surface area contributed by atoms with E-state index in [9.17, 15) is 9.59 Å². The van der Waals surface area contributed by atoms with Crippen molar-refractivity contribution in [3.8, 4) is 0 Å². The van der Waals surface area contributed by atoms with E-state index in [0.29, 0.717) is 13.1 Å². The molecule has 110 valence electrons. The molecule has 0 aromatic heterocycles. The first-order chi connectivity index (χ1) is 8.65. The van der Waals surface area contributed by atoms with Gasteiger partial charge in [0.1, 0.15) is 0 Å². The number of hydrogen-bond donors (Lipinski definition) is 2. The fourth-order valence-electron chi connectivity index (χ4n) is 2.04. The molecular formula is C13H25N3O3. The van der Waals surface area contributed by atoms with Crippen molar-refractivity contribution in [2.24, 2.45) is 5.92 Å². The number of carbonyl (C=O) groups excluding carboxylic acids is 1. The molecule has 6 nitrogen and oxygen atoms in total. The molecule has 19 heavy (non-hydrogen) atoms. The van der Waals surface area contributed by atoms with Gasteiger partial charge in [0.25, 0.3) is 0 Å². The van der Waals surface area contributed by atoms with Crippen LogP contribution in [0.2, 0.25) is 0 Å². The van der Waals surface area contributed by atoms with E-state index in [1.807, 2.05) is 7.05 Å². The van der Waals surface area contributed by atoms with Crippen LogP contribution in [0.25, 0.3) is 0 Å². The van der Waals surface area contributed by atoms with Crippen LogP contribution in [0.5, 0.6) is 0 Å². The van der Waals surface area contributed by atoms with Crippen LogP contribution in [-0.4, -0.2) is 65.2 Å². The molecule has 1 aliphatic rings. The molecule has 0 radical (unpaired) electrons. The summed E-state index contributed by atoms with van der Waals surface area (Å²) in [7, 11) is 2.05. The second kappa shape index (κ2) is 5.77. The van der Waals surface area contributed by atoms with E-state index in [1.165, 1.54) is 0 Å². The monoisotopic (exact) mass is 271 g/mol. The van der Waals surface area contributed by atoms with Crippen LogP contribution in [0.4, 0.5) is 4.79 Å². The van der Waals surface area contributed by atoms with Gasteiger partial charge in [0.05, 0.1) is 5.92 Å². The van der Waals surface area contributed by atoms with Crippen molar-refractivity contribution in [2.75, 3.05) is 26.7 Å². The Hall–Kier alpha value is -1.30. The average Bonchev–Trinajstić information content (AvgIpc) is 2.31. The Morgan fingerprint density at radius 2 is 1.84 bits per heavy atom. The summed E-state index contributed by atoms with van der Waals surface area (Å²) in [6.45, 7) is 9.64. The number of carboxylic acids is 1. The first-order valence-corrected chi connectivity index (χ1v) is 6.64. The summed E-state index contributed by atoms with van der Waals surface area (Å²) in [4.78, 5) is 27.0. The number of hydrogen-bond acceptors (Lipinski definition) is 3. The van der Waals surface area contributed by atoms with Crippen molar-refractivity contribution in [1.82, 2.24) is 15.1 Å². The lowest BCUT2D eigenvalue weighted by Gasteiger charge is -2.45. The molecule has 0 saturated carbocycles. The van der Waals surface area contributed by atoms with E-state index in [-0.39, 0.29) is 17.6 Å². The summed E-state index contributed by atoms with van der Waals surface area (Å²) in [6.07, 6.45) is 0. The van der Waals surface area contributed by atoms with E-state index in [2.05, 4.69) is 24.1 Å². The molecule has 6 heteroatoms. The number of rotatable bonds is 3. The van der Waals surface area contributed by atoms with Crippen LogP contribution in [0.15, 0.2) is 0 Å². The van der Waals surface area contributed by atoms with Crippen molar-refractivity contribution in [3.05, 3.63) is 0 Å². The van der Waals surface area contributed by atoms with Gasteiger partial charge in [-0.3, -0.25) is 9.69 Å². The Bertz CT molecular complexity index is 357. The number of aliphatic carboxylic acids is 1. The van der Waals surface area contributed by atoms with Gasteiger partial charge < -0.3 is 15.3 Å². The van der Waals surface area contributed by atoms with Gasteiger partial charge in [0.15, 0.2) is 0 Å². The van der Waals surface area contributed by atoms with Crippen LogP contribution in [-0.2, 0) is 4.79 Å². The summed E-state index contributed by atoms with van der Waals surface area (Å²) >= 11 is 0. The number of nitrogens with one attached hydrogen (secondary N) is 1. The highest BCUT2D eigenvalue weighted by atomic mass is 16.4. The molecule has 2 atom stereocenters. The van der Waals surface area contributed by atoms with Gasteiger partial charge in [0.2, 0.25) is 0 Å². The van der Waals surface area contributed by atoms with E-state index >= 15 is 0 Å². The lowest BCUT2D eigenvalue weighted by Crippen LogP contribution is -2.61. The highest BCUT2D eigenvalue weighted by molar-refractivity contribution is 5.76. The Morgan fingerprint density at radius 3 is 2.32 bits per heavy atom. The predicted octanol–water partition coefficient (Wildman–Crippen LogP) is 0.831. The topological polar surface area (TPSA) is 72.9 Å². The standard InChI is InChI=1S/C13H25N3O3/c1-9(11(17)18)10(2)14-12(19)16-7-6-15(5)13(3,4)8-16/h9-10H,6-8H2,1-5H3,(H,14,19)(H,17,18). The third-order valence-corrected chi connectivity index (χ3v) is 4.09. The molecule has 1 saturated heterocycles. The second-order valence-electron chi connectivity index (χ2n) is 6.02. The zero-order chi connectivity index (χ0) is 14.8. The van der Waals surface area contributed by atoms with Gasteiger partial charge in [-0.15, -0.1) is 0 Å². The normalized spacial score (nSPS) is 22.7. The van der Waals surface area contributed by atoms with Gasteiger partial charge in [-0.2, -0.15) is 0 Å². The summed E-state index contributed by atoms with van der Waals surface area (Å²) < 4.78 is 0. The number of urea groups is 1. The predicted molar refractivity (Wildman–Crippen MR) is 73.1 cm³/mol. The molecule has 1 rings (SSSR count). The molecule has 0 aliphatic carbocycles. The van der Waals surface area contributed by atoms with Crippen molar-refractivity contribution in [1.29, 1.82) is 0 Å². The highest BCUT2D eigenvalue weighted by Gasteiger charge is 2.34. The molecule has 1 aliphatic heterocycles. The SMILES string of the molecule is CC(NC(=O)N1CCN(C)C(C)(C)C1)C(C)C(=O)O. The zero-order valence-corrected chi connectivity index (χ0v) is 12.4. The fraction of sp³-hybridized carbons (Fsp3) is 0.846. The summed E-state index contributed by atoms with van der Waals surface area (Å²) in [5.41, 5.74) is -0.0583. The quantitative estimate of drug-likeness (QED) is 0.797. The van der Waals surface area contributed by atoms with Crippen molar-refractivity contribution in [2.45, 2.75) is 39.3 Å². The number of likely N-dealkylation sites (N-methyl/N-ethyl adjacent to an activating group) is 1. The molecular weight excluding hydrogens is 246 g/mol. The summed E-state index contributed by atoms with van der Waals surface area (Å²) in [5.74, 6) is -1.49. The summed E-state index contributed by atoms with van der Waals surface area (Å²) in [6, 6.07) is -0.561. The molecule has 0 bridgehead atoms. The van der Waals surface area contributed by atoms with Gasteiger partial charge in [-0.1, -0.05) is 0 Å². The molecule has 1 fully saturated rings. The number of carbonyl (C=O) groups is 2. The Labute approximate surface area is 114 Å². The smallest absolute Gasteiger partial charge is 0.317 e. The number of nitrogens with zero attached hydrogens (tertiary/aromatic N) is 2. The lowest BCUT2D eigenvalue weighted by molar-refractivity contribution is -0.141. The average molecular weight is 271 g/mol. The Kier molecular flexibility index (Phi) is 4.79. The van der Waals surface area contributed by atoms with Crippen LogP contribution in [0.3, 0.4) is 0 Å². The molecule has 2 unspecified atom stereocenters. The second-order valence-corrected chi connectivity index (χ2v) is 6.02. The van der Waals surface area contributed by atoms with Gasteiger partial charge >= 0.3 is 12.0 Å². The number of carboxylic acid groups (broad SMARTS) is 1. The Morgan fingerprint density at radius 1 is 1.26 bits per heavy atom. The molecule has 0 aromatic rings. The van der Waals surface area contributed by atoms with Crippen LogP contribution in [0, 0.1) is 5.92 Å². The number of piperazine rings is 1. The van der Waals surface area contributed by atoms with E-state index in [0.717, 1.165) is 6.54 Å². The molecule has 0 aromatic carbocycles. The maximum Gasteiger partial charge on any atom is 0.317 e. The molecule has 1 heterocycles. The first kappa shape index (κ1) is 15.8. The number of amides is 2. The fourth-order valence-corrected chi connectivity index (χ4v) is 2.04. The van der Waals surface area contributed by atoms with Crippen molar-refractivity contribution in [3.63, 3.8) is 0 Å². The van der Waals surface area contributed by atoms with Gasteiger partial charge in [-0.25, -0.2) is 4.79 Å². The van der Waals surface area contributed by atoms with Gasteiger partial charge in [-0.05, 0) is 34.7 Å². The maximum absolute atomic E-state index is 12.1. The highest BCUT2D eigenvalue weighted by Crippen LogP contribution is 2.19.